The summed E-state index contributed by atoms with van der Waals surface area (Å²) in [5.74, 6) is -0.608. The molecular formula is C23H21N5O4. The van der Waals surface area contributed by atoms with Crippen LogP contribution in [-0.2, 0) is 18.3 Å². The number of hydrogen-bond donors (Lipinski definition) is 3. The van der Waals surface area contributed by atoms with E-state index >= 15 is 0 Å². The molecule has 0 saturated carbocycles. The third kappa shape index (κ3) is 4.36. The third-order valence-electron chi connectivity index (χ3n) is 5.01. The van der Waals surface area contributed by atoms with Crippen LogP contribution in [0.25, 0.3) is 11.0 Å². The van der Waals surface area contributed by atoms with E-state index in [9.17, 15) is 14.4 Å². The number of hydrogen-bond acceptors (Lipinski definition) is 5. The molecule has 0 atom stereocenters. The molecule has 0 aliphatic rings. The molecular weight excluding hydrogens is 410 g/mol. The zero-order chi connectivity index (χ0) is 22.7. The van der Waals surface area contributed by atoms with Gasteiger partial charge < -0.3 is 14.3 Å². The van der Waals surface area contributed by atoms with Crippen LogP contribution in [0.15, 0.2) is 65.3 Å². The number of imidazole rings is 1. The molecule has 0 aliphatic carbocycles. The lowest BCUT2D eigenvalue weighted by Gasteiger charge is -2.11. The van der Waals surface area contributed by atoms with Crippen molar-refractivity contribution < 1.29 is 18.8 Å². The first-order chi connectivity index (χ1) is 15.4. The number of carbonyl (C=O) groups excluding carboxylic acids is 3. The second kappa shape index (κ2) is 8.76. The first-order valence-electron chi connectivity index (χ1n) is 9.87. The predicted octanol–water partition coefficient (Wildman–Crippen LogP) is 2.73. The van der Waals surface area contributed by atoms with Gasteiger partial charge in [-0.15, -0.1) is 0 Å². The highest BCUT2D eigenvalue weighted by atomic mass is 16.3. The van der Waals surface area contributed by atoms with E-state index < -0.39 is 17.7 Å². The zero-order valence-corrected chi connectivity index (χ0v) is 17.5. The highest BCUT2D eigenvalue weighted by Crippen LogP contribution is 2.18. The molecule has 32 heavy (non-hydrogen) atoms. The smallest absolute Gasteiger partial charge is 0.291 e. The van der Waals surface area contributed by atoms with Crippen molar-refractivity contribution in [1.29, 1.82) is 0 Å². The number of anilines is 1. The first-order valence-corrected chi connectivity index (χ1v) is 9.87. The Morgan fingerprint density at radius 2 is 1.81 bits per heavy atom. The molecule has 0 aliphatic heterocycles. The van der Waals surface area contributed by atoms with Crippen molar-refractivity contribution in [3.63, 3.8) is 0 Å². The summed E-state index contributed by atoms with van der Waals surface area (Å²) in [6.07, 6.45) is 1.41. The van der Waals surface area contributed by atoms with Crippen LogP contribution in [0.4, 0.5) is 5.69 Å². The van der Waals surface area contributed by atoms with E-state index in [-0.39, 0.29) is 17.7 Å². The molecule has 2 aromatic heterocycles. The molecule has 0 radical (unpaired) electrons. The standard InChI is InChI=1S/C23H21N5O4/c1-14-9-10-15(12-17(14)25-23(31)19-8-5-11-32-19)22(30)27-26-21(29)13-20-24-16-6-3-4-7-18(16)28(20)2/h3-12H,13H2,1-2H3,(H,25,31)(H,26,29)(H,27,30). The third-order valence-corrected chi connectivity index (χ3v) is 5.01. The SMILES string of the molecule is Cc1ccc(C(=O)NNC(=O)Cc2nc3ccccc3n2C)cc1NC(=O)c1ccco1. The minimum absolute atomic E-state index is 0.00378. The van der Waals surface area contributed by atoms with Gasteiger partial charge in [-0.2, -0.15) is 0 Å². The maximum Gasteiger partial charge on any atom is 0.291 e. The molecule has 0 fully saturated rings. The molecule has 0 unspecified atom stereocenters. The van der Waals surface area contributed by atoms with Crippen molar-refractivity contribution in [3.05, 3.63) is 83.6 Å². The van der Waals surface area contributed by atoms with Gasteiger partial charge in [-0.25, -0.2) is 4.98 Å². The van der Waals surface area contributed by atoms with E-state index in [0.29, 0.717) is 11.5 Å². The minimum atomic E-state index is -0.517. The van der Waals surface area contributed by atoms with Crippen LogP contribution >= 0.6 is 0 Å². The molecule has 3 N–H and O–H groups in total. The number of fused-ring (bicyclic) bond motifs is 1. The van der Waals surface area contributed by atoms with Gasteiger partial charge >= 0.3 is 0 Å². The topological polar surface area (TPSA) is 118 Å². The molecule has 3 amide bonds. The Morgan fingerprint density at radius 3 is 2.56 bits per heavy atom. The van der Waals surface area contributed by atoms with Crippen LogP contribution in [-0.4, -0.2) is 27.3 Å². The van der Waals surface area contributed by atoms with E-state index in [1.165, 1.54) is 12.3 Å². The maximum absolute atomic E-state index is 12.5. The lowest BCUT2D eigenvalue weighted by molar-refractivity contribution is -0.121. The average Bonchev–Trinajstić information content (AvgIpc) is 3.43. The second-order valence-corrected chi connectivity index (χ2v) is 7.22. The predicted molar refractivity (Wildman–Crippen MR) is 118 cm³/mol. The Balaban J connectivity index is 1.38. The first kappa shape index (κ1) is 20.9. The lowest BCUT2D eigenvalue weighted by Crippen LogP contribution is -2.42. The van der Waals surface area contributed by atoms with Crippen LogP contribution in [0.1, 0.15) is 32.3 Å². The zero-order valence-electron chi connectivity index (χ0n) is 17.5. The fourth-order valence-electron chi connectivity index (χ4n) is 3.23. The number of amides is 3. The van der Waals surface area contributed by atoms with Crippen LogP contribution in [0.5, 0.6) is 0 Å². The van der Waals surface area contributed by atoms with Crippen molar-refractivity contribution in [2.24, 2.45) is 7.05 Å². The molecule has 2 aromatic carbocycles. The van der Waals surface area contributed by atoms with Crippen LogP contribution < -0.4 is 16.2 Å². The van der Waals surface area contributed by atoms with Gasteiger partial charge in [0, 0.05) is 18.3 Å². The Hall–Kier alpha value is -4.40. The van der Waals surface area contributed by atoms with Crippen molar-refractivity contribution in [2.45, 2.75) is 13.3 Å². The van der Waals surface area contributed by atoms with Crippen molar-refractivity contribution in [1.82, 2.24) is 20.4 Å². The van der Waals surface area contributed by atoms with Crippen molar-refractivity contribution in [3.8, 4) is 0 Å². The number of benzene rings is 2. The molecule has 9 heteroatoms. The Morgan fingerprint density at radius 1 is 1.00 bits per heavy atom. The summed E-state index contributed by atoms with van der Waals surface area (Å²) in [5, 5.41) is 2.71. The van der Waals surface area contributed by atoms with Gasteiger partial charge in [-0.3, -0.25) is 25.2 Å². The summed E-state index contributed by atoms with van der Waals surface area (Å²) in [5.41, 5.74) is 8.02. The van der Waals surface area contributed by atoms with Gasteiger partial charge in [0.1, 0.15) is 5.82 Å². The van der Waals surface area contributed by atoms with Gasteiger partial charge in [0.25, 0.3) is 11.8 Å². The number of furan rings is 1. The maximum atomic E-state index is 12.5. The molecule has 162 valence electrons. The van der Waals surface area contributed by atoms with Gasteiger partial charge in [-0.05, 0) is 48.9 Å². The normalized spacial score (nSPS) is 10.7. The average molecular weight is 431 g/mol. The Kier molecular flexibility index (Phi) is 5.71. The largest absolute Gasteiger partial charge is 0.459 e. The molecule has 4 aromatic rings. The number of aryl methyl sites for hydroxylation is 2. The van der Waals surface area contributed by atoms with Crippen molar-refractivity contribution >= 4 is 34.4 Å². The number of carbonyl (C=O) groups is 3. The molecule has 2 heterocycles. The van der Waals surface area contributed by atoms with E-state index in [0.717, 1.165) is 16.6 Å². The lowest BCUT2D eigenvalue weighted by atomic mass is 10.1. The van der Waals surface area contributed by atoms with Crippen molar-refractivity contribution in [2.75, 3.05) is 5.32 Å². The van der Waals surface area contributed by atoms with Gasteiger partial charge in [0.05, 0.1) is 23.7 Å². The fourth-order valence-corrected chi connectivity index (χ4v) is 3.23. The van der Waals surface area contributed by atoms with Gasteiger partial charge in [0.2, 0.25) is 5.91 Å². The number of para-hydroxylation sites is 2. The number of rotatable bonds is 5. The molecule has 0 saturated heterocycles. The summed E-state index contributed by atoms with van der Waals surface area (Å²) in [6.45, 7) is 1.80. The van der Waals surface area contributed by atoms with Crippen LogP contribution in [0, 0.1) is 6.92 Å². The molecule has 4 rings (SSSR count). The summed E-state index contributed by atoms with van der Waals surface area (Å²) >= 11 is 0. The summed E-state index contributed by atoms with van der Waals surface area (Å²) in [6, 6.07) is 15.6. The molecule has 0 spiro atoms. The highest BCUT2D eigenvalue weighted by molar-refractivity contribution is 6.04. The molecule has 9 nitrogen and oxygen atoms in total. The monoisotopic (exact) mass is 431 g/mol. The Labute approximate surface area is 183 Å². The number of nitrogens with one attached hydrogen (secondary N) is 3. The highest BCUT2D eigenvalue weighted by Gasteiger charge is 2.15. The number of aromatic nitrogens is 2. The second-order valence-electron chi connectivity index (χ2n) is 7.22. The van der Waals surface area contributed by atoms with Gasteiger partial charge in [0.15, 0.2) is 5.76 Å². The van der Waals surface area contributed by atoms with E-state index in [4.69, 9.17) is 4.42 Å². The summed E-state index contributed by atoms with van der Waals surface area (Å²) in [4.78, 5) is 41.5. The van der Waals surface area contributed by atoms with E-state index in [2.05, 4.69) is 21.2 Å². The summed E-state index contributed by atoms with van der Waals surface area (Å²) < 4.78 is 6.92. The summed E-state index contributed by atoms with van der Waals surface area (Å²) in [7, 11) is 1.83. The Bertz CT molecular complexity index is 1310. The molecule has 0 bridgehead atoms. The number of nitrogens with zero attached hydrogens (tertiary/aromatic N) is 2. The number of hydrazine groups is 1. The van der Waals surface area contributed by atoms with E-state index in [1.54, 1.807) is 31.2 Å². The fraction of sp³-hybridized carbons (Fsp3) is 0.130. The minimum Gasteiger partial charge on any atom is -0.459 e. The van der Waals surface area contributed by atoms with Crippen LogP contribution in [0.3, 0.4) is 0 Å². The quantitative estimate of drug-likeness (QED) is 0.420. The van der Waals surface area contributed by atoms with Gasteiger partial charge in [-0.1, -0.05) is 18.2 Å². The van der Waals surface area contributed by atoms with Crippen LogP contribution in [0.2, 0.25) is 0 Å². The van der Waals surface area contributed by atoms with E-state index in [1.807, 2.05) is 35.9 Å².